The molecule has 0 unspecified atom stereocenters. The van der Waals surface area contributed by atoms with E-state index in [2.05, 4.69) is 21.1 Å². The summed E-state index contributed by atoms with van der Waals surface area (Å²) in [5.41, 5.74) is 0.515. The summed E-state index contributed by atoms with van der Waals surface area (Å²) in [7, 11) is 0. The van der Waals surface area contributed by atoms with E-state index >= 15 is 0 Å². The van der Waals surface area contributed by atoms with Gasteiger partial charge >= 0.3 is 5.97 Å². The number of carboxylic acids is 1. The molecule has 2 aromatic rings. The predicted octanol–water partition coefficient (Wildman–Crippen LogP) is 2.57. The Morgan fingerprint density at radius 3 is 2.53 bits per heavy atom. The second-order valence-corrected chi connectivity index (χ2v) is 4.71. The molecule has 19 heavy (non-hydrogen) atoms. The normalized spacial score (nSPS) is 13.3. The first-order valence-corrected chi connectivity index (χ1v) is 6.24. The van der Waals surface area contributed by atoms with Crippen molar-refractivity contribution in [2.24, 2.45) is 0 Å². The van der Waals surface area contributed by atoms with Gasteiger partial charge in [-0.15, -0.1) is 0 Å². The molecule has 6 nitrogen and oxygen atoms in total. The molecule has 98 valence electrons. The van der Waals surface area contributed by atoms with Gasteiger partial charge in [-0.3, -0.25) is 0 Å². The first kappa shape index (κ1) is 12.0. The van der Waals surface area contributed by atoms with Crippen molar-refractivity contribution in [2.75, 3.05) is 13.2 Å². The van der Waals surface area contributed by atoms with E-state index < -0.39 is 5.97 Å². The van der Waals surface area contributed by atoms with Gasteiger partial charge in [-0.1, -0.05) is 5.16 Å². The minimum Gasteiger partial charge on any atom is -0.486 e. The van der Waals surface area contributed by atoms with Crippen molar-refractivity contribution >= 4 is 21.9 Å². The summed E-state index contributed by atoms with van der Waals surface area (Å²) >= 11 is 3.39. The first-order chi connectivity index (χ1) is 9.15. The number of hydrogen-bond donors (Lipinski definition) is 1. The van der Waals surface area contributed by atoms with E-state index in [9.17, 15) is 4.79 Å². The monoisotopic (exact) mass is 325 g/mol. The number of rotatable bonds is 2. The summed E-state index contributed by atoms with van der Waals surface area (Å²) in [5.74, 6) is 0.447. The maximum atomic E-state index is 10.8. The third kappa shape index (κ3) is 2.17. The van der Waals surface area contributed by atoms with E-state index in [4.69, 9.17) is 19.1 Å². The molecule has 1 aromatic heterocycles. The minimum atomic E-state index is -1.14. The van der Waals surface area contributed by atoms with Gasteiger partial charge in [0.2, 0.25) is 0 Å². The zero-order valence-electron chi connectivity index (χ0n) is 9.55. The van der Waals surface area contributed by atoms with Crippen molar-refractivity contribution in [3.8, 4) is 22.8 Å². The highest BCUT2D eigenvalue weighted by Gasteiger charge is 2.19. The van der Waals surface area contributed by atoms with Crippen LogP contribution in [0.3, 0.4) is 0 Å². The van der Waals surface area contributed by atoms with Crippen molar-refractivity contribution in [1.82, 2.24) is 5.16 Å². The van der Waals surface area contributed by atoms with Crippen LogP contribution in [0, 0.1) is 0 Å². The molecule has 0 bridgehead atoms. The first-order valence-electron chi connectivity index (χ1n) is 5.44. The number of ether oxygens (including phenoxy) is 2. The number of hydrogen-bond acceptors (Lipinski definition) is 5. The third-order valence-electron chi connectivity index (χ3n) is 2.63. The summed E-state index contributed by atoms with van der Waals surface area (Å²) in [6, 6.07) is 4.84. The fraction of sp³-hybridized carbons (Fsp3) is 0.167. The summed E-state index contributed by atoms with van der Waals surface area (Å²) in [6.07, 6.45) is 0. The standard InChI is InChI=1S/C12H8BrNO5/c13-7-4-11-10(17-1-2-18-11)3-6(7)9-5-8(12(15)16)14-19-9/h3-5H,1-2H2,(H,15,16). The van der Waals surface area contributed by atoms with Gasteiger partial charge in [0.1, 0.15) is 13.2 Å². The molecule has 0 aliphatic carbocycles. The predicted molar refractivity (Wildman–Crippen MR) is 67.6 cm³/mol. The van der Waals surface area contributed by atoms with Crippen LogP contribution in [0.25, 0.3) is 11.3 Å². The molecule has 3 rings (SSSR count). The number of carbonyl (C=O) groups is 1. The summed E-state index contributed by atoms with van der Waals surface area (Å²) in [6.45, 7) is 0.981. The van der Waals surface area contributed by atoms with Gasteiger partial charge in [-0.05, 0) is 28.1 Å². The van der Waals surface area contributed by atoms with Gasteiger partial charge in [-0.25, -0.2) is 4.79 Å². The van der Waals surface area contributed by atoms with E-state index in [-0.39, 0.29) is 5.69 Å². The fourth-order valence-electron chi connectivity index (χ4n) is 1.76. The number of halogens is 1. The summed E-state index contributed by atoms with van der Waals surface area (Å²) < 4.78 is 16.7. The highest BCUT2D eigenvalue weighted by Crippen LogP contribution is 2.40. The smallest absolute Gasteiger partial charge is 0.358 e. The lowest BCUT2D eigenvalue weighted by molar-refractivity contribution is 0.0686. The number of fused-ring (bicyclic) bond motifs is 1. The summed E-state index contributed by atoms with van der Waals surface area (Å²) in [5, 5.41) is 12.3. The number of aromatic nitrogens is 1. The Hall–Kier alpha value is -2.02. The molecule has 0 saturated carbocycles. The molecule has 0 amide bonds. The Labute approximate surface area is 116 Å². The van der Waals surface area contributed by atoms with Crippen LogP contribution in [-0.4, -0.2) is 29.4 Å². The lowest BCUT2D eigenvalue weighted by Crippen LogP contribution is -2.15. The topological polar surface area (TPSA) is 81.8 Å². The molecule has 2 heterocycles. The van der Waals surface area contributed by atoms with E-state index in [1.165, 1.54) is 6.07 Å². The zero-order chi connectivity index (χ0) is 13.4. The molecule has 0 fully saturated rings. The summed E-state index contributed by atoms with van der Waals surface area (Å²) in [4.78, 5) is 10.8. The molecule has 1 aliphatic heterocycles. The van der Waals surface area contributed by atoms with Crippen LogP contribution in [-0.2, 0) is 0 Å². The van der Waals surface area contributed by atoms with Gasteiger partial charge in [0.05, 0.1) is 0 Å². The molecular formula is C12H8BrNO5. The SMILES string of the molecule is O=C(O)c1cc(-c2cc3c(cc2Br)OCCO3)on1. The van der Waals surface area contributed by atoms with E-state index in [0.717, 1.165) is 0 Å². The molecule has 1 aromatic carbocycles. The van der Waals surface area contributed by atoms with Crippen molar-refractivity contribution < 1.29 is 23.9 Å². The molecule has 1 N–H and O–H groups in total. The van der Waals surface area contributed by atoms with Crippen molar-refractivity contribution in [3.63, 3.8) is 0 Å². The van der Waals surface area contributed by atoms with Crippen LogP contribution in [0.4, 0.5) is 0 Å². The molecule has 0 spiro atoms. The van der Waals surface area contributed by atoms with Gasteiger partial charge in [-0.2, -0.15) is 0 Å². The number of aromatic carboxylic acids is 1. The number of benzene rings is 1. The Balaban J connectivity index is 2.06. The molecule has 0 radical (unpaired) electrons. The van der Waals surface area contributed by atoms with Crippen molar-refractivity contribution in [1.29, 1.82) is 0 Å². The largest absolute Gasteiger partial charge is 0.486 e. The van der Waals surface area contributed by atoms with Crippen LogP contribution >= 0.6 is 15.9 Å². The molecular weight excluding hydrogens is 318 g/mol. The van der Waals surface area contributed by atoms with E-state index in [1.54, 1.807) is 12.1 Å². The molecule has 7 heteroatoms. The average molecular weight is 326 g/mol. The number of nitrogens with zero attached hydrogens (tertiary/aromatic N) is 1. The second kappa shape index (κ2) is 4.58. The highest BCUT2D eigenvalue weighted by molar-refractivity contribution is 9.10. The van der Waals surface area contributed by atoms with Gasteiger partial charge in [0.15, 0.2) is 23.0 Å². The molecule has 1 aliphatic rings. The second-order valence-electron chi connectivity index (χ2n) is 3.86. The van der Waals surface area contributed by atoms with Crippen LogP contribution in [0.1, 0.15) is 10.5 Å². The van der Waals surface area contributed by atoms with Gasteiger partial charge in [0.25, 0.3) is 0 Å². The van der Waals surface area contributed by atoms with E-state index in [1.807, 2.05) is 0 Å². The Morgan fingerprint density at radius 1 is 1.21 bits per heavy atom. The zero-order valence-corrected chi connectivity index (χ0v) is 11.1. The Bertz CT molecular complexity index is 652. The third-order valence-corrected chi connectivity index (χ3v) is 3.28. The Kier molecular flexibility index (Phi) is 2.90. The van der Waals surface area contributed by atoms with Crippen LogP contribution in [0.5, 0.6) is 11.5 Å². The average Bonchev–Trinajstić information content (AvgIpc) is 2.87. The fourth-order valence-corrected chi connectivity index (χ4v) is 2.27. The lowest BCUT2D eigenvalue weighted by Gasteiger charge is -2.19. The highest BCUT2D eigenvalue weighted by atomic mass is 79.9. The van der Waals surface area contributed by atoms with Crippen molar-refractivity contribution in [3.05, 3.63) is 28.4 Å². The minimum absolute atomic E-state index is 0.142. The van der Waals surface area contributed by atoms with Gasteiger partial charge < -0.3 is 19.1 Å². The van der Waals surface area contributed by atoms with Crippen LogP contribution in [0.2, 0.25) is 0 Å². The lowest BCUT2D eigenvalue weighted by atomic mass is 10.1. The molecule has 0 saturated heterocycles. The van der Waals surface area contributed by atoms with Gasteiger partial charge in [0, 0.05) is 16.1 Å². The Morgan fingerprint density at radius 2 is 1.89 bits per heavy atom. The van der Waals surface area contributed by atoms with Crippen molar-refractivity contribution in [2.45, 2.75) is 0 Å². The maximum absolute atomic E-state index is 10.8. The van der Waals surface area contributed by atoms with Crippen LogP contribution < -0.4 is 9.47 Å². The maximum Gasteiger partial charge on any atom is 0.358 e. The van der Waals surface area contributed by atoms with Crippen LogP contribution in [0.15, 0.2) is 27.2 Å². The number of carboxylic acid groups (broad SMARTS) is 1. The molecule has 0 atom stereocenters. The van der Waals surface area contributed by atoms with E-state index in [0.29, 0.717) is 40.5 Å². The quantitative estimate of drug-likeness (QED) is 0.913.